The smallest absolute Gasteiger partial charge is 0.164 e. The first kappa shape index (κ1) is 12.2. The average molecular weight is 315 g/mol. The number of carbonyl (C=O) groups is 1. The summed E-state index contributed by atoms with van der Waals surface area (Å²) in [5.74, 6) is 0.202. The largest absolute Gasteiger partial charge is 0.319 e. The predicted octanol–water partition coefficient (Wildman–Crippen LogP) is 3.63. The molecule has 2 aromatic rings. The normalized spacial score (nSPS) is 14.0. The van der Waals surface area contributed by atoms with Crippen LogP contribution in [0.3, 0.4) is 0 Å². The van der Waals surface area contributed by atoms with Gasteiger partial charge in [0.1, 0.15) is 6.07 Å². The molecule has 1 aliphatic carbocycles. The first-order valence-corrected chi connectivity index (χ1v) is 6.93. The molecule has 0 atom stereocenters. The number of hydrogen-bond acceptors (Lipinski definition) is 2. The van der Waals surface area contributed by atoms with Crippen LogP contribution < -0.4 is 0 Å². The van der Waals surface area contributed by atoms with E-state index in [0.29, 0.717) is 12.0 Å². The van der Waals surface area contributed by atoms with Crippen molar-refractivity contribution in [2.75, 3.05) is 0 Å². The number of ketones is 1. The van der Waals surface area contributed by atoms with E-state index < -0.39 is 0 Å². The van der Waals surface area contributed by atoms with Crippen LogP contribution in [0.25, 0.3) is 5.69 Å². The molecule has 1 heterocycles. The first-order chi connectivity index (χ1) is 9.20. The van der Waals surface area contributed by atoms with Crippen molar-refractivity contribution < 1.29 is 4.79 Å². The van der Waals surface area contributed by atoms with Crippen LogP contribution in [0, 0.1) is 11.3 Å². The molecule has 94 valence electrons. The number of halogens is 1. The summed E-state index contributed by atoms with van der Waals surface area (Å²) in [5, 5.41) is 9.22. The van der Waals surface area contributed by atoms with E-state index in [9.17, 15) is 10.1 Å². The third kappa shape index (κ3) is 2.00. The molecule has 1 aromatic heterocycles. The molecule has 0 saturated heterocycles. The molecule has 4 heteroatoms. The molecule has 0 unspecified atom stereocenters. The van der Waals surface area contributed by atoms with E-state index in [2.05, 4.69) is 22.0 Å². The van der Waals surface area contributed by atoms with Crippen molar-refractivity contribution in [2.45, 2.75) is 19.3 Å². The number of Topliss-reactive ketones (excluding diaryl/α,β-unsaturated/α-hetero) is 1. The standard InChI is InChI=1S/C15H11BrN2O/c16-11-5-4-10(9-17)14(8-11)18-7-6-12-13(18)2-1-3-15(12)19/h4-8H,1-3H2. The van der Waals surface area contributed by atoms with Crippen LogP contribution in [-0.4, -0.2) is 10.4 Å². The Morgan fingerprint density at radius 3 is 2.89 bits per heavy atom. The number of aromatic nitrogens is 1. The molecule has 0 bridgehead atoms. The summed E-state index contributed by atoms with van der Waals surface area (Å²) in [6, 6.07) is 9.62. The zero-order valence-electron chi connectivity index (χ0n) is 10.2. The zero-order chi connectivity index (χ0) is 13.4. The molecule has 3 rings (SSSR count). The lowest BCUT2D eigenvalue weighted by Gasteiger charge is -2.16. The van der Waals surface area contributed by atoms with E-state index in [-0.39, 0.29) is 5.78 Å². The SMILES string of the molecule is N#Cc1ccc(Br)cc1-n1ccc2c1CCCC2=O. The van der Waals surface area contributed by atoms with Gasteiger partial charge >= 0.3 is 0 Å². The van der Waals surface area contributed by atoms with Gasteiger partial charge in [0.2, 0.25) is 0 Å². The van der Waals surface area contributed by atoms with E-state index in [1.165, 1.54) is 0 Å². The van der Waals surface area contributed by atoms with Crippen molar-refractivity contribution in [1.29, 1.82) is 5.26 Å². The highest BCUT2D eigenvalue weighted by Crippen LogP contribution is 2.28. The Hall–Kier alpha value is -1.86. The summed E-state index contributed by atoms with van der Waals surface area (Å²) in [4.78, 5) is 11.9. The Labute approximate surface area is 119 Å². The molecule has 19 heavy (non-hydrogen) atoms. The lowest BCUT2D eigenvalue weighted by Crippen LogP contribution is -2.12. The third-order valence-electron chi connectivity index (χ3n) is 3.45. The second-order valence-corrected chi connectivity index (χ2v) is 5.51. The van der Waals surface area contributed by atoms with Gasteiger partial charge in [0.15, 0.2) is 5.78 Å². The topological polar surface area (TPSA) is 45.8 Å². The molecule has 0 saturated carbocycles. The fraction of sp³-hybridized carbons (Fsp3) is 0.200. The fourth-order valence-electron chi connectivity index (χ4n) is 2.55. The van der Waals surface area contributed by atoms with Crippen molar-refractivity contribution in [2.24, 2.45) is 0 Å². The minimum absolute atomic E-state index is 0.202. The highest BCUT2D eigenvalue weighted by Gasteiger charge is 2.21. The molecular weight excluding hydrogens is 304 g/mol. The number of nitrogens with zero attached hydrogens (tertiary/aromatic N) is 2. The van der Waals surface area contributed by atoms with Crippen molar-refractivity contribution in [3.8, 4) is 11.8 Å². The van der Waals surface area contributed by atoms with E-state index >= 15 is 0 Å². The van der Waals surface area contributed by atoms with E-state index in [1.54, 1.807) is 6.07 Å². The monoisotopic (exact) mass is 314 g/mol. The van der Waals surface area contributed by atoms with Gasteiger partial charge in [0.05, 0.1) is 11.3 Å². The second kappa shape index (κ2) is 4.67. The summed E-state index contributed by atoms with van der Waals surface area (Å²) < 4.78 is 2.89. The summed E-state index contributed by atoms with van der Waals surface area (Å²) >= 11 is 3.43. The fourth-order valence-corrected chi connectivity index (χ4v) is 2.90. The van der Waals surface area contributed by atoms with Gasteiger partial charge in [0, 0.05) is 28.3 Å². The zero-order valence-corrected chi connectivity index (χ0v) is 11.8. The van der Waals surface area contributed by atoms with E-state index in [4.69, 9.17) is 0 Å². The maximum Gasteiger partial charge on any atom is 0.164 e. The molecule has 1 aromatic carbocycles. The van der Waals surface area contributed by atoms with Crippen LogP contribution in [0.4, 0.5) is 0 Å². The Balaban J connectivity index is 2.21. The van der Waals surface area contributed by atoms with E-state index in [1.807, 2.05) is 29.0 Å². The predicted molar refractivity (Wildman–Crippen MR) is 75.5 cm³/mol. The summed E-state index contributed by atoms with van der Waals surface area (Å²) in [6.45, 7) is 0. The first-order valence-electron chi connectivity index (χ1n) is 6.14. The summed E-state index contributed by atoms with van der Waals surface area (Å²) in [7, 11) is 0. The molecule has 3 nitrogen and oxygen atoms in total. The van der Waals surface area contributed by atoms with Crippen LogP contribution in [0.2, 0.25) is 0 Å². The number of hydrogen-bond donors (Lipinski definition) is 0. The molecule has 0 aliphatic heterocycles. The van der Waals surface area contributed by atoms with Gasteiger partial charge in [-0.1, -0.05) is 15.9 Å². The quantitative estimate of drug-likeness (QED) is 0.806. The molecule has 0 spiro atoms. The Morgan fingerprint density at radius 1 is 1.26 bits per heavy atom. The van der Waals surface area contributed by atoms with E-state index in [0.717, 1.165) is 34.3 Å². The lowest BCUT2D eigenvalue weighted by molar-refractivity contribution is 0.0972. The maximum absolute atomic E-state index is 11.9. The van der Waals surface area contributed by atoms with Gasteiger partial charge in [-0.2, -0.15) is 5.26 Å². The van der Waals surface area contributed by atoms with Crippen molar-refractivity contribution in [3.05, 3.63) is 51.8 Å². The lowest BCUT2D eigenvalue weighted by atomic mass is 9.96. The minimum Gasteiger partial charge on any atom is -0.319 e. The van der Waals surface area contributed by atoms with Gasteiger partial charge < -0.3 is 4.57 Å². The van der Waals surface area contributed by atoms with Crippen LogP contribution in [0.1, 0.15) is 34.5 Å². The number of nitriles is 1. The average Bonchev–Trinajstić information content (AvgIpc) is 2.84. The van der Waals surface area contributed by atoms with Crippen molar-refractivity contribution in [3.63, 3.8) is 0 Å². The molecule has 0 radical (unpaired) electrons. The Kier molecular flexibility index (Phi) is 3.00. The second-order valence-electron chi connectivity index (χ2n) is 4.60. The van der Waals surface area contributed by atoms with Crippen LogP contribution in [0.15, 0.2) is 34.9 Å². The van der Waals surface area contributed by atoms with Crippen LogP contribution >= 0.6 is 15.9 Å². The Morgan fingerprint density at radius 2 is 2.11 bits per heavy atom. The number of carbonyl (C=O) groups excluding carboxylic acids is 1. The van der Waals surface area contributed by atoms with Crippen LogP contribution in [-0.2, 0) is 6.42 Å². The summed E-state index contributed by atoms with van der Waals surface area (Å²) in [5.41, 5.74) is 3.26. The molecular formula is C15H11BrN2O. The van der Waals surface area contributed by atoms with Crippen LogP contribution in [0.5, 0.6) is 0 Å². The third-order valence-corrected chi connectivity index (χ3v) is 3.94. The molecule has 0 N–H and O–H groups in total. The highest BCUT2D eigenvalue weighted by atomic mass is 79.9. The number of fused-ring (bicyclic) bond motifs is 1. The minimum atomic E-state index is 0.202. The maximum atomic E-state index is 11.9. The molecule has 0 amide bonds. The van der Waals surface area contributed by atoms with Gasteiger partial charge in [-0.15, -0.1) is 0 Å². The number of rotatable bonds is 1. The van der Waals surface area contributed by atoms with Gasteiger partial charge in [0.25, 0.3) is 0 Å². The highest BCUT2D eigenvalue weighted by molar-refractivity contribution is 9.10. The summed E-state index contributed by atoms with van der Waals surface area (Å²) in [6.07, 6.45) is 4.27. The Bertz CT molecular complexity index is 709. The molecule has 1 aliphatic rings. The van der Waals surface area contributed by atoms with Crippen molar-refractivity contribution >= 4 is 21.7 Å². The molecule has 0 fully saturated rings. The van der Waals surface area contributed by atoms with Crippen molar-refractivity contribution in [1.82, 2.24) is 4.57 Å². The van der Waals surface area contributed by atoms with Gasteiger partial charge in [-0.3, -0.25) is 4.79 Å². The van der Waals surface area contributed by atoms with Gasteiger partial charge in [-0.05, 0) is 37.1 Å². The van der Waals surface area contributed by atoms with Gasteiger partial charge in [-0.25, -0.2) is 0 Å². The number of benzene rings is 1.